The first-order valence-electron chi connectivity index (χ1n) is 7.51. The van der Waals surface area contributed by atoms with Crippen LogP contribution in [0.2, 0.25) is 0 Å². The van der Waals surface area contributed by atoms with Gasteiger partial charge >= 0.3 is 5.97 Å². The quantitative estimate of drug-likeness (QED) is 0.452. The van der Waals surface area contributed by atoms with Gasteiger partial charge in [-0.25, -0.2) is 22.0 Å². The van der Waals surface area contributed by atoms with Crippen LogP contribution < -0.4 is 4.74 Å². The molecule has 0 amide bonds. The molecular weight excluding hydrogens is 335 g/mol. The highest BCUT2D eigenvalue weighted by atomic mass is 19.3. The highest BCUT2D eigenvalue weighted by Gasteiger charge is 2.49. The zero-order chi connectivity index (χ0) is 18.0. The summed E-state index contributed by atoms with van der Waals surface area (Å²) in [6.07, 6.45) is -1.38. The van der Waals surface area contributed by atoms with Crippen LogP contribution in [-0.2, 0) is 9.53 Å². The van der Waals surface area contributed by atoms with Crippen molar-refractivity contribution in [2.75, 3.05) is 13.2 Å². The number of carbonyl (C=O) groups excluding carboxylic acids is 1. The normalized spacial score (nSPS) is 18.9. The zero-order valence-corrected chi connectivity index (χ0v) is 13.0. The third kappa shape index (κ3) is 3.96. The number of hydrogen-bond donors (Lipinski definition) is 0. The van der Waals surface area contributed by atoms with Gasteiger partial charge in [-0.2, -0.15) is 0 Å². The van der Waals surface area contributed by atoms with E-state index in [0.29, 0.717) is 12.1 Å². The lowest BCUT2D eigenvalue weighted by Gasteiger charge is -2.37. The maximum Gasteiger partial charge on any atom is 0.315 e. The van der Waals surface area contributed by atoms with Gasteiger partial charge in [0, 0.05) is 25.0 Å². The number of hydrogen-bond acceptors (Lipinski definition) is 3. The minimum absolute atomic E-state index is 0.0663. The number of ether oxygens (including phenoxy) is 2. The second kappa shape index (κ2) is 6.94. The van der Waals surface area contributed by atoms with Crippen molar-refractivity contribution >= 4 is 5.97 Å². The summed E-state index contributed by atoms with van der Waals surface area (Å²) in [7, 11) is 0. The zero-order valence-electron chi connectivity index (χ0n) is 13.0. The van der Waals surface area contributed by atoms with Crippen LogP contribution in [0.3, 0.4) is 0 Å². The van der Waals surface area contributed by atoms with E-state index < -0.39 is 47.6 Å². The Bertz CT molecular complexity index is 585. The maximum absolute atomic E-state index is 13.4. The van der Waals surface area contributed by atoms with E-state index in [0.717, 1.165) is 0 Å². The first kappa shape index (κ1) is 18.5. The van der Waals surface area contributed by atoms with Gasteiger partial charge in [0.2, 0.25) is 5.92 Å². The van der Waals surface area contributed by atoms with E-state index >= 15 is 0 Å². The van der Waals surface area contributed by atoms with E-state index in [9.17, 15) is 26.7 Å². The Labute approximate surface area is 135 Å². The predicted octanol–water partition coefficient (Wildman–Crippen LogP) is 4.24. The first-order valence-corrected chi connectivity index (χ1v) is 7.51. The highest BCUT2D eigenvalue weighted by Crippen LogP contribution is 2.44. The summed E-state index contributed by atoms with van der Waals surface area (Å²) in [4.78, 5) is 12.2. The Morgan fingerprint density at radius 1 is 1.08 bits per heavy atom. The van der Waals surface area contributed by atoms with E-state index in [-0.39, 0.29) is 31.8 Å². The van der Waals surface area contributed by atoms with Gasteiger partial charge < -0.3 is 9.47 Å². The van der Waals surface area contributed by atoms with E-state index in [2.05, 4.69) is 0 Å². The van der Waals surface area contributed by atoms with Gasteiger partial charge in [0.05, 0.1) is 6.61 Å². The molecule has 1 aliphatic carbocycles. The molecule has 0 aliphatic heterocycles. The molecule has 1 saturated carbocycles. The predicted molar refractivity (Wildman–Crippen MR) is 74.3 cm³/mol. The van der Waals surface area contributed by atoms with Crippen LogP contribution in [0.4, 0.5) is 22.0 Å². The van der Waals surface area contributed by atoms with Crippen molar-refractivity contribution in [1.82, 2.24) is 0 Å². The molecule has 0 heterocycles. The topological polar surface area (TPSA) is 35.5 Å². The van der Waals surface area contributed by atoms with Crippen LogP contribution in [0, 0.1) is 22.9 Å². The average Bonchev–Trinajstić information content (AvgIpc) is 2.52. The van der Waals surface area contributed by atoms with Gasteiger partial charge in [-0.05, 0) is 19.8 Å². The Hall–Kier alpha value is -1.86. The largest absolute Gasteiger partial charge is 0.492 e. The first-order chi connectivity index (χ1) is 11.2. The second-order valence-corrected chi connectivity index (χ2v) is 5.85. The van der Waals surface area contributed by atoms with E-state index in [1.54, 1.807) is 6.92 Å². The number of rotatable bonds is 5. The number of esters is 1. The molecular formula is C16H17F5O3. The van der Waals surface area contributed by atoms with E-state index in [1.807, 2.05) is 0 Å². The lowest BCUT2D eigenvalue weighted by molar-refractivity contribution is -0.166. The summed E-state index contributed by atoms with van der Waals surface area (Å²) in [5.74, 6) is -8.41. The van der Waals surface area contributed by atoms with Gasteiger partial charge in [0.15, 0.2) is 17.5 Å². The molecule has 1 fully saturated rings. The molecule has 0 saturated heterocycles. The van der Waals surface area contributed by atoms with Gasteiger partial charge in [-0.3, -0.25) is 4.79 Å². The number of alkyl halides is 2. The number of benzene rings is 1. The van der Waals surface area contributed by atoms with Gasteiger partial charge in [-0.1, -0.05) is 0 Å². The molecule has 0 bridgehead atoms. The molecule has 1 aromatic carbocycles. The van der Waals surface area contributed by atoms with Crippen molar-refractivity contribution in [3.05, 3.63) is 29.6 Å². The molecule has 1 aromatic rings. The van der Waals surface area contributed by atoms with Crippen molar-refractivity contribution < 1.29 is 36.2 Å². The fraction of sp³-hybridized carbons (Fsp3) is 0.562. The summed E-state index contributed by atoms with van der Waals surface area (Å²) in [6, 6.07) is 1.27. The fourth-order valence-corrected chi connectivity index (χ4v) is 2.62. The van der Waals surface area contributed by atoms with Crippen molar-refractivity contribution in [2.45, 2.75) is 38.5 Å². The van der Waals surface area contributed by atoms with Gasteiger partial charge in [0.1, 0.15) is 17.8 Å². The molecule has 8 heteroatoms. The minimum atomic E-state index is -2.87. The molecule has 0 spiro atoms. The molecule has 0 atom stereocenters. The van der Waals surface area contributed by atoms with Crippen molar-refractivity contribution in [3.63, 3.8) is 0 Å². The Balaban J connectivity index is 2.16. The highest BCUT2D eigenvalue weighted by molar-refractivity contribution is 5.77. The molecule has 3 nitrogen and oxygen atoms in total. The summed E-state index contributed by atoms with van der Waals surface area (Å²) in [5, 5.41) is 0. The Morgan fingerprint density at radius 3 is 2.12 bits per heavy atom. The van der Waals surface area contributed by atoms with Crippen LogP contribution in [0.5, 0.6) is 5.75 Å². The van der Waals surface area contributed by atoms with Crippen molar-refractivity contribution in [1.29, 1.82) is 0 Å². The molecule has 0 unspecified atom stereocenters. The van der Waals surface area contributed by atoms with E-state index in [1.165, 1.54) is 0 Å². The summed E-state index contributed by atoms with van der Waals surface area (Å²) in [5.41, 5.74) is -1.32. The summed E-state index contributed by atoms with van der Waals surface area (Å²) < 4.78 is 76.2. The molecule has 0 aromatic heterocycles. The molecule has 2 rings (SSSR count). The lowest BCUT2D eigenvalue weighted by Crippen LogP contribution is -2.44. The lowest BCUT2D eigenvalue weighted by atomic mass is 9.73. The van der Waals surface area contributed by atoms with Gasteiger partial charge in [0.25, 0.3) is 0 Å². The summed E-state index contributed by atoms with van der Waals surface area (Å²) in [6.45, 7) is 1.26. The number of carbonyl (C=O) groups is 1. The molecule has 0 radical (unpaired) electrons. The molecule has 1 aliphatic rings. The van der Waals surface area contributed by atoms with Crippen LogP contribution in [-0.4, -0.2) is 25.1 Å². The monoisotopic (exact) mass is 352 g/mol. The Kier molecular flexibility index (Phi) is 5.35. The average molecular weight is 352 g/mol. The van der Waals surface area contributed by atoms with Crippen LogP contribution in [0.1, 0.15) is 32.6 Å². The van der Waals surface area contributed by atoms with Crippen LogP contribution >= 0.6 is 0 Å². The van der Waals surface area contributed by atoms with Crippen LogP contribution in [0.25, 0.3) is 0 Å². The maximum atomic E-state index is 13.4. The third-order valence-electron chi connectivity index (χ3n) is 4.12. The molecule has 134 valence electrons. The smallest absolute Gasteiger partial charge is 0.315 e. The van der Waals surface area contributed by atoms with Crippen molar-refractivity contribution in [2.24, 2.45) is 5.41 Å². The number of halogens is 5. The van der Waals surface area contributed by atoms with Crippen LogP contribution in [0.15, 0.2) is 12.1 Å². The molecule has 0 N–H and O–H groups in total. The van der Waals surface area contributed by atoms with Gasteiger partial charge in [-0.15, -0.1) is 0 Å². The second-order valence-electron chi connectivity index (χ2n) is 5.85. The Morgan fingerprint density at radius 2 is 1.62 bits per heavy atom. The SMILES string of the molecule is CCOC(=O)C1(COc2cc(F)c(F)c(F)c2)CCC(F)(F)CC1. The standard InChI is InChI=1S/C16H17F5O3/c1-2-23-14(22)15(3-5-16(20,21)6-4-15)9-24-10-7-11(17)13(19)12(18)8-10/h7-8H,2-6,9H2,1H3. The van der Waals surface area contributed by atoms with Crippen molar-refractivity contribution in [3.8, 4) is 5.75 Å². The third-order valence-corrected chi connectivity index (χ3v) is 4.12. The molecule has 24 heavy (non-hydrogen) atoms. The summed E-state index contributed by atoms with van der Waals surface area (Å²) >= 11 is 0. The fourth-order valence-electron chi connectivity index (χ4n) is 2.62. The van der Waals surface area contributed by atoms with E-state index in [4.69, 9.17) is 9.47 Å². The minimum Gasteiger partial charge on any atom is -0.492 e.